The van der Waals surface area contributed by atoms with Gasteiger partial charge >= 0.3 is 0 Å². The SMILES string of the molecule is CC(C)C(=O)NNC(=O)c1c[nH]c2ccc(Cl)cc2c1=O. The van der Waals surface area contributed by atoms with Crippen LogP contribution >= 0.6 is 11.6 Å². The maximum Gasteiger partial charge on any atom is 0.275 e. The van der Waals surface area contributed by atoms with Gasteiger partial charge in [-0.25, -0.2) is 0 Å². The van der Waals surface area contributed by atoms with Crippen LogP contribution in [0.4, 0.5) is 0 Å². The van der Waals surface area contributed by atoms with E-state index in [9.17, 15) is 14.4 Å². The molecule has 0 aliphatic heterocycles. The molecular weight excluding hydrogens is 294 g/mol. The molecule has 0 bridgehead atoms. The van der Waals surface area contributed by atoms with E-state index in [1.165, 1.54) is 12.3 Å². The topological polar surface area (TPSA) is 91.1 Å². The summed E-state index contributed by atoms with van der Waals surface area (Å²) in [6.07, 6.45) is 1.30. The van der Waals surface area contributed by atoms with Crippen LogP contribution in [0.5, 0.6) is 0 Å². The van der Waals surface area contributed by atoms with Gasteiger partial charge in [0.15, 0.2) is 0 Å². The predicted octanol–water partition coefficient (Wildman–Crippen LogP) is 1.60. The van der Waals surface area contributed by atoms with Crippen LogP contribution in [0.1, 0.15) is 24.2 Å². The first-order valence-electron chi connectivity index (χ1n) is 6.31. The molecule has 0 unspecified atom stereocenters. The number of aromatic amines is 1. The van der Waals surface area contributed by atoms with E-state index in [1.807, 2.05) is 0 Å². The number of aromatic nitrogens is 1. The number of fused-ring (bicyclic) bond motifs is 1. The first-order valence-corrected chi connectivity index (χ1v) is 6.69. The predicted molar refractivity (Wildman–Crippen MR) is 80.0 cm³/mol. The van der Waals surface area contributed by atoms with Crippen LogP contribution in [0, 0.1) is 5.92 Å². The Morgan fingerprint density at radius 2 is 1.95 bits per heavy atom. The molecule has 2 amide bonds. The fourth-order valence-electron chi connectivity index (χ4n) is 1.69. The van der Waals surface area contributed by atoms with Crippen molar-refractivity contribution in [3.05, 3.63) is 45.2 Å². The summed E-state index contributed by atoms with van der Waals surface area (Å²) in [6.45, 7) is 3.37. The third kappa shape index (κ3) is 3.22. The lowest BCUT2D eigenvalue weighted by Gasteiger charge is -2.09. The Bertz CT molecular complexity index is 768. The standard InChI is InChI=1S/C14H14ClN3O3/c1-7(2)13(20)17-18-14(21)10-6-16-11-4-3-8(15)5-9(11)12(10)19/h3-7H,1-2H3,(H,16,19)(H,17,20)(H,18,21). The molecular formula is C14H14ClN3O3. The molecule has 0 fully saturated rings. The first-order chi connectivity index (χ1) is 9.90. The van der Waals surface area contributed by atoms with Crippen molar-refractivity contribution in [1.29, 1.82) is 0 Å². The van der Waals surface area contributed by atoms with Gasteiger partial charge in [0.2, 0.25) is 11.3 Å². The highest BCUT2D eigenvalue weighted by atomic mass is 35.5. The second-order valence-electron chi connectivity index (χ2n) is 4.82. The first kappa shape index (κ1) is 15.1. The number of hydrogen-bond donors (Lipinski definition) is 3. The minimum Gasteiger partial charge on any atom is -0.360 e. The van der Waals surface area contributed by atoms with Crippen molar-refractivity contribution in [2.45, 2.75) is 13.8 Å². The molecule has 0 saturated carbocycles. The molecule has 21 heavy (non-hydrogen) atoms. The number of hydrazine groups is 1. The van der Waals surface area contributed by atoms with Crippen molar-refractivity contribution in [3.8, 4) is 0 Å². The quantitative estimate of drug-likeness (QED) is 0.736. The van der Waals surface area contributed by atoms with E-state index in [0.29, 0.717) is 15.9 Å². The maximum atomic E-state index is 12.2. The summed E-state index contributed by atoms with van der Waals surface area (Å²) < 4.78 is 0. The van der Waals surface area contributed by atoms with Crippen molar-refractivity contribution in [2.24, 2.45) is 5.92 Å². The zero-order valence-electron chi connectivity index (χ0n) is 11.5. The third-order valence-electron chi connectivity index (χ3n) is 2.91. The number of rotatable bonds is 2. The van der Waals surface area contributed by atoms with E-state index >= 15 is 0 Å². The summed E-state index contributed by atoms with van der Waals surface area (Å²) in [5.74, 6) is -1.31. The Hall–Kier alpha value is -2.34. The number of carbonyl (C=O) groups is 2. The van der Waals surface area contributed by atoms with Crippen LogP contribution in [-0.2, 0) is 4.79 Å². The molecule has 3 N–H and O–H groups in total. The Morgan fingerprint density at radius 3 is 2.62 bits per heavy atom. The number of carbonyl (C=O) groups excluding carboxylic acids is 2. The van der Waals surface area contributed by atoms with Crippen LogP contribution in [0.15, 0.2) is 29.2 Å². The van der Waals surface area contributed by atoms with Gasteiger partial charge in [-0.1, -0.05) is 25.4 Å². The lowest BCUT2D eigenvalue weighted by atomic mass is 10.1. The highest BCUT2D eigenvalue weighted by molar-refractivity contribution is 6.31. The largest absolute Gasteiger partial charge is 0.360 e. The average Bonchev–Trinajstić information content (AvgIpc) is 2.45. The summed E-state index contributed by atoms with van der Waals surface area (Å²) in [7, 11) is 0. The number of amides is 2. The van der Waals surface area contributed by atoms with E-state index in [-0.39, 0.29) is 17.4 Å². The van der Waals surface area contributed by atoms with Gasteiger partial charge in [-0.05, 0) is 18.2 Å². The van der Waals surface area contributed by atoms with Crippen molar-refractivity contribution < 1.29 is 9.59 Å². The number of hydrogen-bond acceptors (Lipinski definition) is 3. The van der Waals surface area contributed by atoms with Gasteiger partial charge in [0.1, 0.15) is 5.56 Å². The smallest absolute Gasteiger partial charge is 0.275 e. The zero-order valence-corrected chi connectivity index (χ0v) is 12.2. The van der Waals surface area contributed by atoms with Gasteiger partial charge in [-0.2, -0.15) is 0 Å². The molecule has 0 radical (unpaired) electrons. The van der Waals surface area contributed by atoms with E-state index in [2.05, 4.69) is 15.8 Å². The highest BCUT2D eigenvalue weighted by Crippen LogP contribution is 2.14. The van der Waals surface area contributed by atoms with Gasteiger partial charge in [0.05, 0.1) is 0 Å². The van der Waals surface area contributed by atoms with E-state index in [0.717, 1.165) is 0 Å². The molecule has 0 atom stereocenters. The van der Waals surface area contributed by atoms with E-state index < -0.39 is 11.3 Å². The third-order valence-corrected chi connectivity index (χ3v) is 3.15. The van der Waals surface area contributed by atoms with Crippen LogP contribution < -0.4 is 16.3 Å². The maximum absolute atomic E-state index is 12.2. The van der Waals surface area contributed by atoms with Gasteiger partial charge in [0.25, 0.3) is 5.91 Å². The number of pyridine rings is 1. The highest BCUT2D eigenvalue weighted by Gasteiger charge is 2.14. The Kier molecular flexibility index (Phi) is 4.28. The van der Waals surface area contributed by atoms with Gasteiger partial charge in [-0.15, -0.1) is 0 Å². The van der Waals surface area contributed by atoms with Crippen molar-refractivity contribution in [2.75, 3.05) is 0 Å². The number of halogens is 1. The summed E-state index contributed by atoms with van der Waals surface area (Å²) >= 11 is 5.85. The fraction of sp³-hybridized carbons (Fsp3) is 0.214. The van der Waals surface area contributed by atoms with E-state index in [4.69, 9.17) is 11.6 Å². The molecule has 2 rings (SSSR count). The second kappa shape index (κ2) is 5.97. The monoisotopic (exact) mass is 307 g/mol. The second-order valence-corrected chi connectivity index (χ2v) is 5.26. The van der Waals surface area contributed by atoms with Crippen molar-refractivity contribution in [1.82, 2.24) is 15.8 Å². The molecule has 2 aromatic rings. The molecule has 0 spiro atoms. The molecule has 1 aromatic heterocycles. The molecule has 1 heterocycles. The van der Waals surface area contributed by atoms with Gasteiger partial charge in [0, 0.05) is 28.0 Å². The zero-order chi connectivity index (χ0) is 15.6. The molecule has 7 heteroatoms. The lowest BCUT2D eigenvalue weighted by Crippen LogP contribution is -2.44. The molecule has 1 aromatic carbocycles. The number of nitrogens with one attached hydrogen (secondary N) is 3. The normalized spacial score (nSPS) is 10.7. The summed E-state index contributed by atoms with van der Waals surface area (Å²) in [5, 5.41) is 0.712. The average molecular weight is 308 g/mol. The van der Waals surface area contributed by atoms with Gasteiger partial charge in [-0.3, -0.25) is 25.2 Å². The van der Waals surface area contributed by atoms with E-state index in [1.54, 1.807) is 26.0 Å². The van der Waals surface area contributed by atoms with Crippen LogP contribution in [0.25, 0.3) is 10.9 Å². The van der Waals surface area contributed by atoms with Crippen LogP contribution in [0.3, 0.4) is 0 Å². The van der Waals surface area contributed by atoms with Gasteiger partial charge < -0.3 is 4.98 Å². The molecule has 6 nitrogen and oxygen atoms in total. The number of H-pyrrole nitrogens is 1. The van der Waals surface area contributed by atoms with Crippen LogP contribution in [0.2, 0.25) is 5.02 Å². The van der Waals surface area contributed by atoms with Crippen molar-refractivity contribution >= 4 is 34.3 Å². The molecule has 0 saturated heterocycles. The lowest BCUT2D eigenvalue weighted by molar-refractivity contribution is -0.124. The minimum atomic E-state index is -0.688. The Balaban J connectivity index is 2.30. The Morgan fingerprint density at radius 1 is 1.24 bits per heavy atom. The summed E-state index contributed by atoms with van der Waals surface area (Å²) in [6, 6.07) is 4.78. The fourth-order valence-corrected chi connectivity index (χ4v) is 1.86. The summed E-state index contributed by atoms with van der Waals surface area (Å²) in [4.78, 5) is 38.4. The molecule has 110 valence electrons. The Labute approximate surface area is 125 Å². The van der Waals surface area contributed by atoms with Crippen molar-refractivity contribution in [3.63, 3.8) is 0 Å². The van der Waals surface area contributed by atoms with Crippen LogP contribution in [-0.4, -0.2) is 16.8 Å². The number of benzene rings is 1. The molecule has 0 aliphatic rings. The summed E-state index contributed by atoms with van der Waals surface area (Å²) in [5.41, 5.74) is 4.48. The molecule has 0 aliphatic carbocycles. The minimum absolute atomic E-state index is 0.103.